The minimum absolute atomic E-state index is 0.496. The van der Waals surface area contributed by atoms with Gasteiger partial charge in [0.25, 0.3) is 0 Å². The number of nitrogens with zero attached hydrogens (tertiary/aromatic N) is 5. The molecule has 0 amide bonds. The van der Waals surface area contributed by atoms with Crippen molar-refractivity contribution in [2.45, 2.75) is 63.5 Å². The molecule has 180 valence electrons. The van der Waals surface area contributed by atoms with Crippen molar-refractivity contribution in [3.63, 3.8) is 0 Å². The molecule has 34 heavy (non-hydrogen) atoms. The minimum Gasteiger partial charge on any atom is -0.480 e. The second kappa shape index (κ2) is 10.3. The first-order valence-corrected chi connectivity index (χ1v) is 12.3. The molecule has 2 aliphatic rings. The van der Waals surface area contributed by atoms with Crippen LogP contribution in [0.3, 0.4) is 0 Å². The molecule has 10 heteroatoms. The lowest BCUT2D eigenvalue weighted by Crippen LogP contribution is -2.36. The van der Waals surface area contributed by atoms with Gasteiger partial charge in [-0.25, -0.2) is 19.7 Å². The second-order valence-electron chi connectivity index (χ2n) is 9.24. The molecule has 1 atom stereocenters. The number of hydrogen-bond donors (Lipinski definition) is 4. The molecule has 0 saturated heterocycles. The normalized spacial score (nSPS) is 16.3. The van der Waals surface area contributed by atoms with E-state index < -0.39 is 12.0 Å². The van der Waals surface area contributed by atoms with Gasteiger partial charge in [0, 0.05) is 24.8 Å². The number of carboxylic acid groups (broad SMARTS) is 1. The molecule has 0 aromatic carbocycles. The number of H-pyrrole nitrogens is 1. The maximum atomic E-state index is 11.9. The number of fused-ring (bicyclic) bond motifs is 2. The van der Waals surface area contributed by atoms with Crippen LogP contribution in [0.15, 0.2) is 24.7 Å². The zero-order chi connectivity index (χ0) is 23.3. The van der Waals surface area contributed by atoms with Crippen LogP contribution < -0.4 is 10.6 Å². The summed E-state index contributed by atoms with van der Waals surface area (Å²) < 4.78 is 0. The van der Waals surface area contributed by atoms with Crippen LogP contribution in [0.1, 0.15) is 49.8 Å². The largest absolute Gasteiger partial charge is 0.480 e. The van der Waals surface area contributed by atoms with E-state index in [4.69, 9.17) is 4.98 Å². The number of carbonyl (C=O) groups is 1. The Morgan fingerprint density at radius 1 is 1.24 bits per heavy atom. The number of pyridine rings is 1. The molecule has 4 heterocycles. The fourth-order valence-corrected chi connectivity index (χ4v) is 4.64. The highest BCUT2D eigenvalue weighted by molar-refractivity contribution is 5.88. The Labute approximate surface area is 198 Å². The van der Waals surface area contributed by atoms with E-state index >= 15 is 0 Å². The van der Waals surface area contributed by atoms with Crippen LogP contribution in [0.2, 0.25) is 0 Å². The lowest BCUT2D eigenvalue weighted by molar-refractivity contribution is -0.138. The predicted molar refractivity (Wildman–Crippen MR) is 130 cm³/mol. The fourth-order valence-electron chi connectivity index (χ4n) is 4.64. The molecule has 1 aliphatic carbocycles. The first-order valence-electron chi connectivity index (χ1n) is 12.3. The lowest BCUT2D eigenvalue weighted by Gasteiger charge is -2.24. The van der Waals surface area contributed by atoms with E-state index in [1.54, 1.807) is 6.20 Å². The number of aromatic nitrogens is 5. The predicted octanol–water partition coefficient (Wildman–Crippen LogP) is 2.85. The third kappa shape index (κ3) is 5.44. The molecule has 10 nitrogen and oxygen atoms in total. The minimum atomic E-state index is -0.877. The second-order valence-corrected chi connectivity index (χ2v) is 9.24. The van der Waals surface area contributed by atoms with Crippen LogP contribution >= 0.6 is 0 Å². The zero-order valence-electron chi connectivity index (χ0n) is 19.3. The third-order valence-electron chi connectivity index (χ3n) is 6.71. The van der Waals surface area contributed by atoms with Crippen molar-refractivity contribution >= 4 is 28.6 Å². The maximum absolute atomic E-state index is 11.9. The van der Waals surface area contributed by atoms with Gasteiger partial charge in [0.15, 0.2) is 5.65 Å². The van der Waals surface area contributed by atoms with E-state index in [1.165, 1.54) is 31.2 Å². The van der Waals surface area contributed by atoms with E-state index in [0.717, 1.165) is 56.8 Å². The number of aryl methyl sites for hydroxylation is 2. The summed E-state index contributed by atoms with van der Waals surface area (Å²) in [6.45, 7) is 2.74. The topological polar surface area (TPSA) is 132 Å². The monoisotopic (exact) mass is 464 g/mol. The average Bonchev–Trinajstić information content (AvgIpc) is 3.58. The van der Waals surface area contributed by atoms with Crippen molar-refractivity contribution in [3.8, 4) is 0 Å². The quantitative estimate of drug-likeness (QED) is 0.299. The van der Waals surface area contributed by atoms with Crippen molar-refractivity contribution in [1.29, 1.82) is 0 Å². The number of aliphatic carboxylic acids is 1. The van der Waals surface area contributed by atoms with Crippen LogP contribution in [0.5, 0.6) is 0 Å². The summed E-state index contributed by atoms with van der Waals surface area (Å²) in [6.07, 6.45) is 11.3. The van der Waals surface area contributed by atoms with Crippen LogP contribution in [-0.4, -0.2) is 72.8 Å². The number of hydrogen-bond acceptors (Lipinski definition) is 8. The van der Waals surface area contributed by atoms with E-state index in [2.05, 4.69) is 47.8 Å². The number of carboxylic acids is 1. The van der Waals surface area contributed by atoms with Gasteiger partial charge in [-0.05, 0) is 69.5 Å². The Bertz CT molecular complexity index is 1130. The van der Waals surface area contributed by atoms with E-state index in [1.807, 2.05) is 0 Å². The Morgan fingerprint density at radius 3 is 3.00 bits per heavy atom. The van der Waals surface area contributed by atoms with Gasteiger partial charge >= 0.3 is 5.97 Å². The summed E-state index contributed by atoms with van der Waals surface area (Å²) in [5.74, 6) is 0.682. The summed E-state index contributed by atoms with van der Waals surface area (Å²) in [5.41, 5.74) is 3.06. The summed E-state index contributed by atoms with van der Waals surface area (Å²) in [5, 5.41) is 23.7. The van der Waals surface area contributed by atoms with Gasteiger partial charge in [-0.15, -0.1) is 0 Å². The smallest absolute Gasteiger partial charge is 0.326 e. The lowest BCUT2D eigenvalue weighted by atomic mass is 10.1. The molecular weight excluding hydrogens is 432 g/mol. The number of aromatic amines is 1. The number of rotatable bonds is 12. The summed E-state index contributed by atoms with van der Waals surface area (Å²) in [6, 6.07) is 4.24. The van der Waals surface area contributed by atoms with Crippen LogP contribution in [-0.2, 0) is 17.6 Å². The van der Waals surface area contributed by atoms with Crippen LogP contribution in [0.25, 0.3) is 11.0 Å². The molecule has 1 fully saturated rings. The van der Waals surface area contributed by atoms with Crippen LogP contribution in [0, 0.1) is 0 Å². The molecule has 0 unspecified atom stereocenters. The van der Waals surface area contributed by atoms with Gasteiger partial charge in [-0.3, -0.25) is 5.10 Å². The van der Waals surface area contributed by atoms with Gasteiger partial charge in [-0.1, -0.05) is 6.07 Å². The Balaban J connectivity index is 1.11. The van der Waals surface area contributed by atoms with Gasteiger partial charge in [-0.2, -0.15) is 5.10 Å². The van der Waals surface area contributed by atoms with Crippen molar-refractivity contribution in [2.75, 3.05) is 30.3 Å². The third-order valence-corrected chi connectivity index (χ3v) is 6.71. The van der Waals surface area contributed by atoms with E-state index in [0.29, 0.717) is 29.3 Å². The SMILES string of the molecule is O=C(O)[C@H](CCN(CCCCc1ccc2c(n1)NCCC2)C1CC1)Nc1ncnc2[nH]ncc12. The molecule has 1 aliphatic heterocycles. The van der Waals surface area contributed by atoms with Gasteiger partial charge < -0.3 is 20.6 Å². The highest BCUT2D eigenvalue weighted by atomic mass is 16.4. The standard InChI is InChI=1S/C24H32N8O2/c33-24(34)20(30-22-19-14-28-31-23(19)27-15-26-22)10-13-32(18-8-9-18)12-2-1-5-17-7-6-16-4-3-11-25-21(16)29-17/h6-7,14-15,18,20H,1-5,8-13H2,(H,25,29)(H,33,34)(H2,26,27,28,30,31)/t20-/m0/s1. The molecule has 3 aromatic heterocycles. The van der Waals surface area contributed by atoms with E-state index in [9.17, 15) is 9.90 Å². The van der Waals surface area contributed by atoms with Crippen molar-refractivity contribution in [2.24, 2.45) is 0 Å². The summed E-state index contributed by atoms with van der Waals surface area (Å²) in [4.78, 5) is 27.5. The van der Waals surface area contributed by atoms with Crippen molar-refractivity contribution in [1.82, 2.24) is 30.0 Å². The Morgan fingerprint density at radius 2 is 2.15 bits per heavy atom. The summed E-state index contributed by atoms with van der Waals surface area (Å²) >= 11 is 0. The molecule has 1 saturated carbocycles. The van der Waals surface area contributed by atoms with Gasteiger partial charge in [0.1, 0.15) is 24.0 Å². The zero-order valence-corrected chi connectivity index (χ0v) is 19.3. The molecule has 5 rings (SSSR count). The Kier molecular flexibility index (Phi) is 6.84. The van der Waals surface area contributed by atoms with E-state index in [-0.39, 0.29) is 0 Å². The molecule has 0 radical (unpaired) electrons. The number of anilines is 2. The highest BCUT2D eigenvalue weighted by Crippen LogP contribution is 2.28. The van der Waals surface area contributed by atoms with Crippen molar-refractivity contribution in [3.05, 3.63) is 35.9 Å². The molecule has 0 bridgehead atoms. The first kappa shape index (κ1) is 22.5. The molecule has 0 spiro atoms. The maximum Gasteiger partial charge on any atom is 0.326 e. The van der Waals surface area contributed by atoms with Crippen LogP contribution in [0.4, 0.5) is 11.6 Å². The molecule has 3 aromatic rings. The first-order chi connectivity index (χ1) is 16.7. The average molecular weight is 465 g/mol. The fraction of sp³-hybridized carbons (Fsp3) is 0.542. The highest BCUT2D eigenvalue weighted by Gasteiger charge is 2.30. The summed E-state index contributed by atoms with van der Waals surface area (Å²) in [7, 11) is 0. The van der Waals surface area contributed by atoms with Crippen molar-refractivity contribution < 1.29 is 9.90 Å². The number of unbranched alkanes of at least 4 members (excludes halogenated alkanes) is 1. The molecule has 4 N–H and O–H groups in total. The van der Waals surface area contributed by atoms with Gasteiger partial charge in [0.2, 0.25) is 0 Å². The molecular formula is C24H32N8O2. The van der Waals surface area contributed by atoms with Gasteiger partial charge in [0.05, 0.1) is 11.6 Å². The number of nitrogens with one attached hydrogen (secondary N) is 3. The Hall–Kier alpha value is -3.27.